The third kappa shape index (κ3) is 3.08. The van der Waals surface area contributed by atoms with Crippen LogP contribution in [-0.2, 0) is 19.6 Å². The van der Waals surface area contributed by atoms with Gasteiger partial charge in [-0.1, -0.05) is 11.8 Å². The van der Waals surface area contributed by atoms with Gasteiger partial charge in [-0.2, -0.15) is 0 Å². The number of carbonyl (C=O) groups excluding carboxylic acids is 1. The monoisotopic (exact) mass is 356 g/mol. The fraction of sp³-hybridized carbons (Fsp3) is 0.429. The highest BCUT2D eigenvalue weighted by atomic mass is 32.2. The number of sulfonamides is 1. The molecular formula is C14H16N2O5S2. The SMILES string of the molecule is C[C@H]1C[C@@H](Sc2nc3cc(S(=O)(=O)N(C)C)ccc3o2)C(=O)O1. The lowest BCUT2D eigenvalue weighted by atomic mass is 10.3. The predicted octanol–water partition coefficient (Wildman–Crippen LogP) is 1.87. The van der Waals surface area contributed by atoms with Crippen LogP contribution >= 0.6 is 11.8 Å². The highest BCUT2D eigenvalue weighted by Crippen LogP contribution is 2.33. The summed E-state index contributed by atoms with van der Waals surface area (Å²) in [7, 11) is -0.589. The maximum Gasteiger partial charge on any atom is 0.320 e. The molecule has 1 fully saturated rings. The Morgan fingerprint density at radius 3 is 2.70 bits per heavy atom. The lowest BCUT2D eigenvalue weighted by Crippen LogP contribution is -2.22. The van der Waals surface area contributed by atoms with Crippen LogP contribution in [0.1, 0.15) is 13.3 Å². The first-order valence-electron chi connectivity index (χ1n) is 6.97. The molecule has 1 aromatic heterocycles. The Morgan fingerprint density at radius 2 is 2.09 bits per heavy atom. The summed E-state index contributed by atoms with van der Waals surface area (Å²) in [4.78, 5) is 16.1. The lowest BCUT2D eigenvalue weighted by Gasteiger charge is -2.10. The third-order valence-electron chi connectivity index (χ3n) is 3.49. The zero-order valence-corrected chi connectivity index (χ0v) is 14.5. The Bertz CT molecular complexity index is 859. The quantitative estimate of drug-likeness (QED) is 0.773. The number of aromatic nitrogens is 1. The van der Waals surface area contributed by atoms with E-state index < -0.39 is 10.0 Å². The van der Waals surface area contributed by atoms with E-state index in [9.17, 15) is 13.2 Å². The van der Waals surface area contributed by atoms with Crippen molar-refractivity contribution in [2.45, 2.75) is 34.8 Å². The van der Waals surface area contributed by atoms with Gasteiger partial charge in [0.05, 0.1) is 4.90 Å². The molecule has 7 nitrogen and oxygen atoms in total. The Labute approximate surface area is 138 Å². The second kappa shape index (κ2) is 5.81. The highest BCUT2D eigenvalue weighted by Gasteiger charge is 2.34. The molecule has 0 N–H and O–H groups in total. The number of rotatable bonds is 4. The largest absolute Gasteiger partial charge is 0.462 e. The van der Waals surface area contributed by atoms with E-state index in [2.05, 4.69) is 4.98 Å². The molecule has 2 atom stereocenters. The standard InChI is InChI=1S/C14H16N2O5S2/c1-8-6-12(13(17)20-8)22-14-15-10-7-9(4-5-11(10)21-14)23(18,19)16(2)3/h4-5,7-8,12H,6H2,1-3H3/t8-,12+/m0/s1. The summed E-state index contributed by atoms with van der Waals surface area (Å²) in [5.41, 5.74) is 0.916. The molecule has 2 aromatic rings. The van der Waals surface area contributed by atoms with Crippen LogP contribution in [0, 0.1) is 0 Å². The summed E-state index contributed by atoms with van der Waals surface area (Å²) in [6.45, 7) is 1.84. The molecule has 0 saturated carbocycles. The third-order valence-corrected chi connectivity index (χ3v) is 6.34. The number of nitrogens with zero attached hydrogens (tertiary/aromatic N) is 2. The number of ether oxygens (including phenoxy) is 1. The number of oxazole rings is 1. The van der Waals surface area contributed by atoms with Crippen molar-refractivity contribution in [1.82, 2.24) is 9.29 Å². The molecule has 0 radical (unpaired) electrons. The van der Waals surface area contributed by atoms with Gasteiger partial charge in [-0.05, 0) is 25.1 Å². The van der Waals surface area contributed by atoms with Crippen molar-refractivity contribution in [3.05, 3.63) is 18.2 Å². The van der Waals surface area contributed by atoms with Crippen LogP contribution in [0.3, 0.4) is 0 Å². The number of fused-ring (bicyclic) bond motifs is 1. The number of benzene rings is 1. The first kappa shape index (κ1) is 16.3. The van der Waals surface area contributed by atoms with Crippen LogP contribution in [0.15, 0.2) is 32.7 Å². The minimum Gasteiger partial charge on any atom is -0.462 e. The van der Waals surface area contributed by atoms with Crippen LogP contribution in [0.5, 0.6) is 0 Å². The molecule has 3 rings (SSSR count). The zero-order valence-electron chi connectivity index (χ0n) is 12.8. The van der Waals surface area contributed by atoms with E-state index in [0.29, 0.717) is 22.7 Å². The predicted molar refractivity (Wildman–Crippen MR) is 84.7 cm³/mol. The van der Waals surface area contributed by atoms with Gasteiger partial charge in [-0.15, -0.1) is 0 Å². The van der Waals surface area contributed by atoms with Crippen molar-refractivity contribution >= 4 is 38.9 Å². The molecule has 0 aliphatic carbocycles. The molecular weight excluding hydrogens is 340 g/mol. The van der Waals surface area contributed by atoms with Crippen LogP contribution < -0.4 is 0 Å². The summed E-state index contributed by atoms with van der Waals surface area (Å²) in [6, 6.07) is 4.51. The van der Waals surface area contributed by atoms with E-state index >= 15 is 0 Å². The second-order valence-electron chi connectivity index (χ2n) is 5.49. The van der Waals surface area contributed by atoms with Crippen LogP contribution in [0.25, 0.3) is 11.1 Å². The first-order chi connectivity index (χ1) is 10.8. The van der Waals surface area contributed by atoms with E-state index in [4.69, 9.17) is 9.15 Å². The Kier molecular flexibility index (Phi) is 4.11. The van der Waals surface area contributed by atoms with Crippen LogP contribution in [0.4, 0.5) is 0 Å². The summed E-state index contributed by atoms with van der Waals surface area (Å²) in [5, 5.41) is -0.0153. The van der Waals surface area contributed by atoms with E-state index in [0.717, 1.165) is 4.31 Å². The average Bonchev–Trinajstić information content (AvgIpc) is 3.00. The molecule has 124 valence electrons. The van der Waals surface area contributed by atoms with Gasteiger partial charge in [0.15, 0.2) is 5.58 Å². The van der Waals surface area contributed by atoms with Crippen LogP contribution in [0.2, 0.25) is 0 Å². The topological polar surface area (TPSA) is 89.7 Å². The van der Waals surface area contributed by atoms with Crippen molar-refractivity contribution in [3.63, 3.8) is 0 Å². The molecule has 0 unspecified atom stereocenters. The Morgan fingerprint density at radius 1 is 1.35 bits per heavy atom. The zero-order chi connectivity index (χ0) is 16.8. The molecule has 0 amide bonds. The van der Waals surface area contributed by atoms with E-state index in [1.165, 1.54) is 38.0 Å². The normalized spacial score (nSPS) is 22.0. The minimum absolute atomic E-state index is 0.110. The number of cyclic esters (lactones) is 1. The molecule has 2 heterocycles. The maximum atomic E-state index is 12.1. The van der Waals surface area contributed by atoms with E-state index in [-0.39, 0.29) is 22.2 Å². The molecule has 23 heavy (non-hydrogen) atoms. The van der Waals surface area contributed by atoms with Gasteiger partial charge >= 0.3 is 5.97 Å². The van der Waals surface area contributed by atoms with Crippen molar-refractivity contribution in [2.75, 3.05) is 14.1 Å². The Hall–Kier alpha value is -1.58. The number of hydrogen-bond donors (Lipinski definition) is 0. The average molecular weight is 356 g/mol. The fourth-order valence-corrected chi connectivity index (χ4v) is 4.22. The molecule has 1 aliphatic rings. The maximum absolute atomic E-state index is 12.1. The van der Waals surface area contributed by atoms with Crippen LogP contribution in [-0.4, -0.2) is 49.1 Å². The number of esters is 1. The number of thioether (sulfide) groups is 1. The number of hydrogen-bond acceptors (Lipinski definition) is 7. The first-order valence-corrected chi connectivity index (χ1v) is 9.29. The Balaban J connectivity index is 1.89. The highest BCUT2D eigenvalue weighted by molar-refractivity contribution is 8.00. The second-order valence-corrected chi connectivity index (χ2v) is 8.79. The van der Waals surface area contributed by atoms with Gasteiger partial charge in [0.1, 0.15) is 16.9 Å². The molecule has 9 heteroatoms. The van der Waals surface area contributed by atoms with Gasteiger partial charge < -0.3 is 9.15 Å². The van der Waals surface area contributed by atoms with Crippen molar-refractivity contribution in [1.29, 1.82) is 0 Å². The van der Waals surface area contributed by atoms with Gasteiger partial charge in [0.25, 0.3) is 5.22 Å². The van der Waals surface area contributed by atoms with Gasteiger partial charge in [-0.3, -0.25) is 4.79 Å². The summed E-state index contributed by atoms with van der Waals surface area (Å²) < 4.78 is 36.1. The summed E-state index contributed by atoms with van der Waals surface area (Å²) >= 11 is 1.20. The minimum atomic E-state index is -3.53. The molecule has 1 aliphatic heterocycles. The fourth-order valence-electron chi connectivity index (χ4n) is 2.25. The lowest BCUT2D eigenvalue weighted by molar-refractivity contribution is -0.140. The van der Waals surface area contributed by atoms with Crippen molar-refractivity contribution in [3.8, 4) is 0 Å². The van der Waals surface area contributed by atoms with E-state index in [1.54, 1.807) is 6.07 Å². The van der Waals surface area contributed by atoms with Gasteiger partial charge in [0, 0.05) is 20.5 Å². The molecule has 0 bridgehead atoms. The summed E-state index contributed by atoms with van der Waals surface area (Å²) in [6.07, 6.45) is 0.490. The van der Waals surface area contributed by atoms with Gasteiger partial charge in [0.2, 0.25) is 10.0 Å². The summed E-state index contributed by atoms with van der Waals surface area (Å²) in [5.74, 6) is -0.277. The molecule has 0 spiro atoms. The smallest absolute Gasteiger partial charge is 0.320 e. The molecule has 1 saturated heterocycles. The number of carbonyl (C=O) groups is 1. The van der Waals surface area contributed by atoms with Crippen molar-refractivity contribution in [2.24, 2.45) is 0 Å². The van der Waals surface area contributed by atoms with Gasteiger partial charge in [-0.25, -0.2) is 17.7 Å². The molecule has 1 aromatic carbocycles. The van der Waals surface area contributed by atoms with Crippen molar-refractivity contribution < 1.29 is 22.4 Å². The van der Waals surface area contributed by atoms with E-state index in [1.807, 2.05) is 6.92 Å².